The molecule has 2 unspecified atom stereocenters. The topological polar surface area (TPSA) is 59.2 Å². The van der Waals surface area contributed by atoms with Gasteiger partial charge < -0.3 is 9.32 Å². The summed E-state index contributed by atoms with van der Waals surface area (Å²) in [5.74, 6) is 0.727. The lowest BCUT2D eigenvalue weighted by Gasteiger charge is -2.34. The minimum absolute atomic E-state index is 0.0356. The van der Waals surface area contributed by atoms with Gasteiger partial charge in [-0.3, -0.25) is 4.79 Å². The predicted molar refractivity (Wildman–Crippen MR) is 76.1 cm³/mol. The third-order valence-corrected chi connectivity index (χ3v) is 4.31. The Bertz CT molecular complexity index is 693. The van der Waals surface area contributed by atoms with Crippen LogP contribution in [0.5, 0.6) is 0 Å². The molecule has 0 aliphatic carbocycles. The first-order valence-corrected chi connectivity index (χ1v) is 7.15. The van der Waals surface area contributed by atoms with Crippen LogP contribution < -0.4 is 0 Å². The van der Waals surface area contributed by atoms with E-state index in [0.717, 1.165) is 30.5 Å². The molecule has 1 amide bonds. The number of carbonyl (C=O) groups is 1. The second kappa shape index (κ2) is 4.84. The van der Waals surface area contributed by atoms with Crippen molar-refractivity contribution in [1.29, 1.82) is 0 Å². The Hall–Kier alpha value is -2.43. The minimum Gasteiger partial charge on any atom is -0.465 e. The molecule has 2 aromatic rings. The zero-order valence-corrected chi connectivity index (χ0v) is 11.5. The van der Waals surface area contributed by atoms with Crippen LogP contribution in [0, 0.1) is 0 Å². The zero-order valence-electron chi connectivity index (χ0n) is 11.5. The van der Waals surface area contributed by atoms with Crippen LogP contribution in [0.3, 0.4) is 0 Å². The van der Waals surface area contributed by atoms with Gasteiger partial charge in [0, 0.05) is 30.3 Å². The van der Waals surface area contributed by atoms with E-state index < -0.39 is 0 Å². The predicted octanol–water partition coefficient (Wildman–Crippen LogP) is 2.37. The highest BCUT2D eigenvalue weighted by Crippen LogP contribution is 2.42. The lowest BCUT2D eigenvalue weighted by Crippen LogP contribution is -2.41. The summed E-state index contributed by atoms with van der Waals surface area (Å²) in [5, 5.41) is 0. The zero-order chi connectivity index (χ0) is 14.2. The number of aromatic nitrogens is 2. The van der Waals surface area contributed by atoms with E-state index in [0.29, 0.717) is 5.76 Å². The van der Waals surface area contributed by atoms with Crippen molar-refractivity contribution in [2.24, 2.45) is 0 Å². The molecule has 0 aromatic carbocycles. The third kappa shape index (κ3) is 2.05. The van der Waals surface area contributed by atoms with Gasteiger partial charge in [-0.1, -0.05) is 0 Å². The molecule has 2 bridgehead atoms. The van der Waals surface area contributed by atoms with Crippen molar-refractivity contribution in [1.82, 2.24) is 14.9 Å². The molecule has 0 spiro atoms. The van der Waals surface area contributed by atoms with Crippen molar-refractivity contribution >= 4 is 12.0 Å². The second-order valence-corrected chi connectivity index (χ2v) is 5.47. The lowest BCUT2D eigenvalue weighted by molar-refractivity contribution is -0.129. The van der Waals surface area contributed by atoms with E-state index in [1.54, 1.807) is 24.7 Å². The Morgan fingerprint density at radius 2 is 2.38 bits per heavy atom. The van der Waals surface area contributed by atoms with Crippen LogP contribution in [0.1, 0.15) is 35.9 Å². The smallest absolute Gasteiger partial charge is 0.247 e. The van der Waals surface area contributed by atoms with Gasteiger partial charge in [0.15, 0.2) is 0 Å². The molecular formula is C16H15N3O2. The van der Waals surface area contributed by atoms with Gasteiger partial charge in [-0.15, -0.1) is 0 Å². The lowest BCUT2D eigenvalue weighted by atomic mass is 9.99. The summed E-state index contributed by atoms with van der Waals surface area (Å²) >= 11 is 0. The quantitative estimate of drug-likeness (QED) is 0.793. The highest BCUT2D eigenvalue weighted by atomic mass is 16.3. The molecule has 2 aliphatic rings. The van der Waals surface area contributed by atoms with Crippen molar-refractivity contribution in [2.45, 2.75) is 31.3 Å². The third-order valence-electron chi connectivity index (χ3n) is 4.31. The van der Waals surface area contributed by atoms with Gasteiger partial charge in [-0.25, -0.2) is 9.97 Å². The number of nitrogens with zero attached hydrogens (tertiary/aromatic N) is 3. The molecule has 2 atom stereocenters. The molecule has 1 saturated heterocycles. The maximum atomic E-state index is 12.5. The van der Waals surface area contributed by atoms with Crippen LogP contribution in [0.25, 0.3) is 6.08 Å². The average molecular weight is 281 g/mol. The summed E-state index contributed by atoms with van der Waals surface area (Å²) in [6.45, 7) is 0. The Kier molecular flexibility index (Phi) is 2.84. The van der Waals surface area contributed by atoms with Gasteiger partial charge in [0.25, 0.3) is 0 Å². The Morgan fingerprint density at radius 1 is 1.43 bits per heavy atom. The molecular weight excluding hydrogens is 266 g/mol. The summed E-state index contributed by atoms with van der Waals surface area (Å²) in [4.78, 5) is 23.0. The number of carbonyl (C=O) groups excluding carboxylic acids is 1. The Morgan fingerprint density at radius 3 is 3.24 bits per heavy atom. The van der Waals surface area contributed by atoms with Gasteiger partial charge in [0.1, 0.15) is 12.1 Å². The molecule has 4 heterocycles. The molecule has 0 saturated carbocycles. The van der Waals surface area contributed by atoms with Gasteiger partial charge in [0.05, 0.1) is 18.0 Å². The van der Waals surface area contributed by atoms with Crippen LogP contribution in [-0.2, 0) is 11.2 Å². The SMILES string of the molecule is O=C(C=Cc1ccco1)N1C2CCC1c1cncnc1C2. The van der Waals surface area contributed by atoms with E-state index in [9.17, 15) is 4.79 Å². The Balaban J connectivity index is 1.61. The first-order chi connectivity index (χ1) is 10.3. The van der Waals surface area contributed by atoms with E-state index in [2.05, 4.69) is 9.97 Å². The van der Waals surface area contributed by atoms with E-state index in [4.69, 9.17) is 4.42 Å². The number of rotatable bonds is 2. The number of furan rings is 1. The fraction of sp³-hybridized carbons (Fsp3) is 0.312. The van der Waals surface area contributed by atoms with Crippen LogP contribution in [0.15, 0.2) is 41.4 Å². The average Bonchev–Trinajstić information content (AvgIpc) is 3.12. The van der Waals surface area contributed by atoms with Crippen LogP contribution in [0.4, 0.5) is 0 Å². The monoisotopic (exact) mass is 281 g/mol. The molecule has 2 aliphatic heterocycles. The first-order valence-electron chi connectivity index (χ1n) is 7.15. The molecule has 5 heteroatoms. The molecule has 0 N–H and O–H groups in total. The highest BCUT2D eigenvalue weighted by molar-refractivity contribution is 5.92. The molecule has 0 radical (unpaired) electrons. The van der Waals surface area contributed by atoms with Crippen molar-refractivity contribution in [3.05, 3.63) is 54.0 Å². The van der Waals surface area contributed by atoms with Gasteiger partial charge in [0.2, 0.25) is 5.91 Å². The minimum atomic E-state index is 0.0356. The van der Waals surface area contributed by atoms with Crippen molar-refractivity contribution < 1.29 is 9.21 Å². The standard InChI is InChI=1S/C16H15N3O2/c20-16(6-4-12-2-1-7-21-12)19-11-3-5-15(19)13-9-17-10-18-14(13)8-11/h1-2,4,6-7,9-11,15H,3,5,8H2. The summed E-state index contributed by atoms with van der Waals surface area (Å²) in [7, 11) is 0. The van der Waals surface area contributed by atoms with E-state index in [1.165, 1.54) is 0 Å². The van der Waals surface area contributed by atoms with Crippen molar-refractivity contribution in [3.8, 4) is 0 Å². The summed E-state index contributed by atoms with van der Waals surface area (Å²) < 4.78 is 5.22. The summed E-state index contributed by atoms with van der Waals surface area (Å²) in [6, 6.07) is 4.01. The fourth-order valence-corrected chi connectivity index (χ4v) is 3.39. The second-order valence-electron chi connectivity index (χ2n) is 5.47. The summed E-state index contributed by atoms with van der Waals surface area (Å²) in [6.07, 6.45) is 11.2. The van der Waals surface area contributed by atoms with Crippen LogP contribution in [-0.4, -0.2) is 26.8 Å². The van der Waals surface area contributed by atoms with Gasteiger partial charge in [-0.2, -0.15) is 0 Å². The molecule has 5 nitrogen and oxygen atoms in total. The van der Waals surface area contributed by atoms with Crippen LogP contribution >= 0.6 is 0 Å². The maximum Gasteiger partial charge on any atom is 0.247 e. The normalized spacial score (nSPS) is 23.5. The number of hydrogen-bond acceptors (Lipinski definition) is 4. The molecule has 4 rings (SSSR count). The Labute approximate surface area is 122 Å². The van der Waals surface area contributed by atoms with Crippen LogP contribution in [0.2, 0.25) is 0 Å². The van der Waals surface area contributed by atoms with Crippen molar-refractivity contribution in [2.75, 3.05) is 0 Å². The van der Waals surface area contributed by atoms with E-state index >= 15 is 0 Å². The number of amides is 1. The van der Waals surface area contributed by atoms with Crippen molar-refractivity contribution in [3.63, 3.8) is 0 Å². The molecule has 1 fully saturated rings. The first kappa shape index (κ1) is 12.3. The van der Waals surface area contributed by atoms with Gasteiger partial charge >= 0.3 is 0 Å². The fourth-order valence-electron chi connectivity index (χ4n) is 3.39. The van der Waals surface area contributed by atoms with E-state index in [-0.39, 0.29) is 18.0 Å². The summed E-state index contributed by atoms with van der Waals surface area (Å²) in [5.41, 5.74) is 2.20. The number of hydrogen-bond donors (Lipinski definition) is 0. The largest absolute Gasteiger partial charge is 0.465 e. The van der Waals surface area contributed by atoms with E-state index in [1.807, 2.05) is 23.2 Å². The molecule has 21 heavy (non-hydrogen) atoms. The molecule has 106 valence electrons. The highest BCUT2D eigenvalue weighted by Gasteiger charge is 2.42. The molecule has 2 aromatic heterocycles. The van der Waals surface area contributed by atoms with Gasteiger partial charge in [-0.05, 0) is 31.1 Å². The number of fused-ring (bicyclic) bond motifs is 4. The maximum absolute atomic E-state index is 12.5.